The molecule has 1 aliphatic rings. The van der Waals surface area contributed by atoms with Crippen LogP contribution in [-0.4, -0.2) is 19.0 Å². The maximum Gasteiger partial charge on any atom is 0.132 e. The molecule has 0 radical (unpaired) electrons. The van der Waals surface area contributed by atoms with Gasteiger partial charge in [0, 0.05) is 26.1 Å². The monoisotopic (exact) mass is 198 g/mol. The van der Waals surface area contributed by atoms with Gasteiger partial charge in [0.2, 0.25) is 0 Å². The van der Waals surface area contributed by atoms with Crippen molar-refractivity contribution in [1.82, 2.24) is 0 Å². The van der Waals surface area contributed by atoms with Crippen molar-refractivity contribution in [2.24, 2.45) is 0 Å². The van der Waals surface area contributed by atoms with Crippen molar-refractivity contribution < 1.29 is 9.53 Å². The van der Waals surface area contributed by atoms with Crippen LogP contribution in [0.4, 0.5) is 0 Å². The molecule has 14 heavy (non-hydrogen) atoms. The van der Waals surface area contributed by atoms with Gasteiger partial charge in [-0.3, -0.25) is 4.79 Å². The van der Waals surface area contributed by atoms with Crippen LogP contribution in [0.2, 0.25) is 0 Å². The summed E-state index contributed by atoms with van der Waals surface area (Å²) in [7, 11) is 0. The average Bonchev–Trinajstić information content (AvgIpc) is 2.20. The van der Waals surface area contributed by atoms with E-state index in [1.165, 1.54) is 32.1 Å². The van der Waals surface area contributed by atoms with Crippen LogP contribution in [0.15, 0.2) is 0 Å². The molecule has 1 saturated heterocycles. The van der Waals surface area contributed by atoms with Gasteiger partial charge in [0.05, 0.1) is 0 Å². The Hall–Kier alpha value is -0.370. The number of Topliss-reactive ketones (excluding diaryl/α,β-unsaturated/α-hetero) is 1. The lowest BCUT2D eigenvalue weighted by Crippen LogP contribution is -2.01. The van der Waals surface area contributed by atoms with E-state index in [0.717, 1.165) is 38.9 Å². The van der Waals surface area contributed by atoms with Crippen molar-refractivity contribution in [3.05, 3.63) is 0 Å². The first-order chi connectivity index (χ1) is 6.89. The lowest BCUT2D eigenvalue weighted by Gasteiger charge is -2.02. The zero-order valence-corrected chi connectivity index (χ0v) is 9.09. The summed E-state index contributed by atoms with van der Waals surface area (Å²) in [5.74, 6) is 0.424. The van der Waals surface area contributed by atoms with Crippen LogP contribution in [0.5, 0.6) is 0 Å². The lowest BCUT2D eigenvalue weighted by molar-refractivity contribution is -0.119. The summed E-state index contributed by atoms with van der Waals surface area (Å²) in [5, 5.41) is 0. The molecule has 0 bridgehead atoms. The highest BCUT2D eigenvalue weighted by atomic mass is 16.5. The molecular formula is C12H22O2. The molecule has 1 heterocycles. The first kappa shape index (κ1) is 11.7. The van der Waals surface area contributed by atoms with Crippen LogP contribution < -0.4 is 0 Å². The fourth-order valence-corrected chi connectivity index (χ4v) is 1.83. The number of ether oxygens (including phenoxy) is 1. The lowest BCUT2D eigenvalue weighted by atomic mass is 10.1. The van der Waals surface area contributed by atoms with Gasteiger partial charge in [-0.1, -0.05) is 25.7 Å². The van der Waals surface area contributed by atoms with E-state index in [1.807, 2.05) is 0 Å². The van der Waals surface area contributed by atoms with E-state index in [4.69, 9.17) is 4.74 Å². The van der Waals surface area contributed by atoms with E-state index in [1.54, 1.807) is 0 Å². The van der Waals surface area contributed by atoms with Crippen LogP contribution >= 0.6 is 0 Å². The second kappa shape index (κ2) is 7.98. The van der Waals surface area contributed by atoms with Gasteiger partial charge < -0.3 is 4.74 Å². The van der Waals surface area contributed by atoms with Crippen molar-refractivity contribution >= 4 is 5.78 Å². The van der Waals surface area contributed by atoms with Gasteiger partial charge in [-0.25, -0.2) is 0 Å². The van der Waals surface area contributed by atoms with Crippen LogP contribution in [0.3, 0.4) is 0 Å². The van der Waals surface area contributed by atoms with Crippen molar-refractivity contribution in [3.63, 3.8) is 0 Å². The van der Waals surface area contributed by atoms with Crippen molar-refractivity contribution in [2.45, 2.75) is 57.8 Å². The van der Waals surface area contributed by atoms with Crippen molar-refractivity contribution in [2.75, 3.05) is 13.2 Å². The average molecular weight is 198 g/mol. The Morgan fingerprint density at radius 1 is 0.714 bits per heavy atom. The fourth-order valence-electron chi connectivity index (χ4n) is 1.83. The maximum atomic E-state index is 11.3. The number of rotatable bonds is 0. The molecule has 0 aliphatic carbocycles. The number of hydrogen-bond donors (Lipinski definition) is 0. The highest BCUT2D eigenvalue weighted by molar-refractivity contribution is 5.78. The van der Waals surface area contributed by atoms with Gasteiger partial charge in [0.15, 0.2) is 0 Å². The third-order valence-corrected chi connectivity index (χ3v) is 2.74. The Kier molecular flexibility index (Phi) is 6.67. The second-order valence-corrected chi connectivity index (χ2v) is 4.13. The van der Waals surface area contributed by atoms with E-state index in [9.17, 15) is 4.79 Å². The smallest absolute Gasteiger partial charge is 0.132 e. The Morgan fingerprint density at radius 2 is 1.29 bits per heavy atom. The zero-order chi connectivity index (χ0) is 10.1. The SMILES string of the molecule is O=C1CCCCCCCCOCCC1. The fraction of sp³-hybridized carbons (Fsp3) is 0.917. The molecule has 0 atom stereocenters. The topological polar surface area (TPSA) is 26.3 Å². The van der Waals surface area contributed by atoms with Crippen LogP contribution in [0.25, 0.3) is 0 Å². The van der Waals surface area contributed by atoms with Crippen LogP contribution in [0, 0.1) is 0 Å². The molecule has 82 valence electrons. The zero-order valence-electron chi connectivity index (χ0n) is 9.09. The summed E-state index contributed by atoms with van der Waals surface area (Å²) in [6, 6.07) is 0. The van der Waals surface area contributed by atoms with E-state index < -0.39 is 0 Å². The number of hydrogen-bond acceptors (Lipinski definition) is 2. The summed E-state index contributed by atoms with van der Waals surface area (Å²) in [5.41, 5.74) is 0. The number of carbonyl (C=O) groups is 1. The van der Waals surface area contributed by atoms with Crippen LogP contribution in [0.1, 0.15) is 57.8 Å². The molecule has 1 rings (SSSR count). The van der Waals surface area contributed by atoms with Gasteiger partial charge in [0.1, 0.15) is 5.78 Å². The van der Waals surface area contributed by atoms with Gasteiger partial charge in [-0.2, -0.15) is 0 Å². The van der Waals surface area contributed by atoms with Crippen LogP contribution in [-0.2, 0) is 9.53 Å². The van der Waals surface area contributed by atoms with E-state index in [2.05, 4.69) is 0 Å². The van der Waals surface area contributed by atoms with Crippen molar-refractivity contribution in [1.29, 1.82) is 0 Å². The molecule has 0 N–H and O–H groups in total. The standard InChI is InChI=1S/C12H22O2/c13-12-8-5-3-1-2-4-6-10-14-11-7-9-12/h1-11H2. The summed E-state index contributed by atoms with van der Waals surface area (Å²) >= 11 is 0. The predicted molar refractivity (Wildman–Crippen MR) is 57.4 cm³/mol. The molecule has 0 aromatic heterocycles. The Labute approximate surface area is 87.0 Å². The normalized spacial score (nSPS) is 23.3. The number of ketones is 1. The Bertz CT molecular complexity index is 138. The largest absolute Gasteiger partial charge is 0.381 e. The molecule has 2 heteroatoms. The molecule has 1 fully saturated rings. The molecule has 0 saturated carbocycles. The summed E-state index contributed by atoms with van der Waals surface area (Å²) in [6.45, 7) is 1.65. The first-order valence-corrected chi connectivity index (χ1v) is 5.99. The molecule has 0 unspecified atom stereocenters. The van der Waals surface area contributed by atoms with Gasteiger partial charge in [-0.15, -0.1) is 0 Å². The molecule has 0 spiro atoms. The highest BCUT2D eigenvalue weighted by Gasteiger charge is 2.02. The molecular weight excluding hydrogens is 176 g/mol. The molecule has 2 nitrogen and oxygen atoms in total. The molecule has 0 amide bonds. The van der Waals surface area contributed by atoms with Crippen molar-refractivity contribution in [3.8, 4) is 0 Å². The summed E-state index contributed by atoms with van der Waals surface area (Å²) in [4.78, 5) is 11.3. The molecule has 0 aromatic rings. The van der Waals surface area contributed by atoms with Gasteiger partial charge in [0.25, 0.3) is 0 Å². The summed E-state index contributed by atoms with van der Waals surface area (Å²) < 4.78 is 5.44. The Morgan fingerprint density at radius 3 is 2.14 bits per heavy atom. The van der Waals surface area contributed by atoms with Gasteiger partial charge >= 0.3 is 0 Å². The summed E-state index contributed by atoms with van der Waals surface area (Å²) in [6.07, 6.45) is 9.82. The minimum Gasteiger partial charge on any atom is -0.381 e. The van der Waals surface area contributed by atoms with E-state index in [0.29, 0.717) is 5.78 Å². The maximum absolute atomic E-state index is 11.3. The quantitative estimate of drug-likeness (QED) is 0.598. The number of carbonyl (C=O) groups excluding carboxylic acids is 1. The second-order valence-electron chi connectivity index (χ2n) is 4.13. The third kappa shape index (κ3) is 6.14. The highest BCUT2D eigenvalue weighted by Crippen LogP contribution is 2.10. The first-order valence-electron chi connectivity index (χ1n) is 5.99. The van der Waals surface area contributed by atoms with E-state index in [-0.39, 0.29) is 0 Å². The minimum atomic E-state index is 0.424. The molecule has 0 aromatic carbocycles. The van der Waals surface area contributed by atoms with Gasteiger partial charge in [-0.05, 0) is 19.3 Å². The van der Waals surface area contributed by atoms with E-state index >= 15 is 0 Å². The third-order valence-electron chi connectivity index (χ3n) is 2.74. The predicted octanol–water partition coefficient (Wildman–Crippen LogP) is 3.10. The Balaban J connectivity index is 2.15. The minimum absolute atomic E-state index is 0.424. The molecule has 1 aliphatic heterocycles.